The molecule has 2 aromatic rings. The van der Waals surface area contributed by atoms with Gasteiger partial charge in [-0.3, -0.25) is 5.43 Å². The molecule has 0 atom stereocenters. The van der Waals surface area contributed by atoms with Crippen LogP contribution in [0.1, 0.15) is 11.3 Å². The molecule has 0 fully saturated rings. The Morgan fingerprint density at radius 3 is 2.77 bits per heavy atom. The van der Waals surface area contributed by atoms with Crippen LogP contribution >= 0.6 is 23.1 Å². The molecule has 8 heteroatoms. The monoisotopic (exact) mass is 343 g/mol. The van der Waals surface area contributed by atoms with E-state index in [9.17, 15) is 13.2 Å². The lowest BCUT2D eigenvalue weighted by atomic mass is 10.3. The molecule has 0 radical (unpaired) electrons. The first kappa shape index (κ1) is 16.6. The van der Waals surface area contributed by atoms with Crippen molar-refractivity contribution in [2.24, 2.45) is 5.10 Å². The van der Waals surface area contributed by atoms with Crippen LogP contribution in [0.2, 0.25) is 0 Å². The van der Waals surface area contributed by atoms with Crippen molar-refractivity contribution in [2.45, 2.75) is 10.8 Å². The Morgan fingerprint density at radius 1 is 1.27 bits per heavy atom. The Morgan fingerprint density at radius 2 is 2.05 bits per heavy atom. The van der Waals surface area contributed by atoms with E-state index in [-0.39, 0.29) is 12.2 Å². The number of para-hydroxylation sites is 1. The predicted molar refractivity (Wildman–Crippen MR) is 85.5 cm³/mol. The van der Waals surface area contributed by atoms with Crippen LogP contribution in [-0.2, 0) is 0 Å². The molecule has 0 spiro atoms. The van der Waals surface area contributed by atoms with Crippen LogP contribution in [0.4, 0.5) is 18.9 Å². The van der Waals surface area contributed by atoms with Gasteiger partial charge in [-0.2, -0.15) is 13.9 Å². The third-order valence-electron chi connectivity index (χ3n) is 2.41. The molecule has 1 aromatic carbocycles. The molecule has 0 saturated carbocycles. The maximum Gasteiger partial charge on any atom is 0.301 e. The molecule has 116 valence electrons. The van der Waals surface area contributed by atoms with Crippen molar-refractivity contribution in [3.8, 4) is 0 Å². The maximum atomic E-state index is 12.6. The molecule has 0 unspecified atom stereocenters. The second-order valence-corrected chi connectivity index (χ2v) is 6.43. The summed E-state index contributed by atoms with van der Waals surface area (Å²) in [6, 6.07) is 9.48. The molecule has 1 aromatic heterocycles. The zero-order valence-electron chi connectivity index (χ0n) is 11.3. The summed E-state index contributed by atoms with van der Waals surface area (Å²) in [5.41, 5.74) is 3.74. The third-order valence-corrected chi connectivity index (χ3v) is 4.50. The van der Waals surface area contributed by atoms with Crippen LogP contribution in [0.5, 0.6) is 0 Å². The van der Waals surface area contributed by atoms with E-state index in [2.05, 4.69) is 15.5 Å². The number of hydrogen-bond donors (Lipinski definition) is 1. The fraction of sp³-hybridized carbons (Fsp3) is 0.143. The molecule has 3 nitrogen and oxygen atoms in total. The number of thiazole rings is 1. The van der Waals surface area contributed by atoms with E-state index in [4.69, 9.17) is 0 Å². The number of benzene rings is 1. The molecule has 0 aliphatic carbocycles. The number of rotatable bonds is 7. The Hall–Kier alpha value is -1.80. The largest absolute Gasteiger partial charge is 0.301 e. The summed E-state index contributed by atoms with van der Waals surface area (Å²) in [5.74, 6) is -1.15. The maximum absolute atomic E-state index is 12.6. The summed E-state index contributed by atoms with van der Waals surface area (Å²) in [6.07, 6.45) is 0.701. The van der Waals surface area contributed by atoms with Gasteiger partial charge in [-0.05, 0) is 12.1 Å². The normalized spacial score (nSPS) is 10.9. The molecule has 0 bridgehead atoms. The van der Waals surface area contributed by atoms with Gasteiger partial charge >= 0.3 is 6.08 Å². The zero-order valence-corrected chi connectivity index (χ0v) is 12.9. The van der Waals surface area contributed by atoms with Crippen LogP contribution in [0.25, 0.3) is 0 Å². The van der Waals surface area contributed by atoms with E-state index >= 15 is 0 Å². The van der Waals surface area contributed by atoms with Crippen molar-refractivity contribution in [2.75, 3.05) is 11.2 Å². The average molecular weight is 343 g/mol. The van der Waals surface area contributed by atoms with Crippen molar-refractivity contribution in [1.29, 1.82) is 0 Å². The Balaban J connectivity index is 1.80. The first-order valence-electron chi connectivity index (χ1n) is 6.27. The fourth-order valence-electron chi connectivity index (χ4n) is 1.40. The highest BCUT2D eigenvalue weighted by molar-refractivity contribution is 8.01. The average Bonchev–Trinajstić information content (AvgIpc) is 2.96. The summed E-state index contributed by atoms with van der Waals surface area (Å²) in [4.78, 5) is 4.94. The second-order valence-electron chi connectivity index (χ2n) is 4.03. The minimum atomic E-state index is -2.25. The van der Waals surface area contributed by atoms with Crippen molar-refractivity contribution < 1.29 is 13.2 Å². The Kier molecular flexibility index (Phi) is 6.47. The van der Waals surface area contributed by atoms with Gasteiger partial charge < -0.3 is 0 Å². The second kappa shape index (κ2) is 8.60. The van der Waals surface area contributed by atoms with E-state index in [0.29, 0.717) is 4.34 Å². The minimum Gasteiger partial charge on any atom is -0.278 e. The van der Waals surface area contributed by atoms with Gasteiger partial charge in [-0.15, -0.1) is 11.3 Å². The highest BCUT2D eigenvalue weighted by Gasteiger charge is 2.06. The van der Waals surface area contributed by atoms with Gasteiger partial charge in [0.25, 0.3) is 0 Å². The highest BCUT2D eigenvalue weighted by Crippen LogP contribution is 2.26. The quantitative estimate of drug-likeness (QED) is 0.429. The Labute approximate surface area is 134 Å². The van der Waals surface area contributed by atoms with E-state index in [1.807, 2.05) is 30.3 Å². The summed E-state index contributed by atoms with van der Waals surface area (Å²) in [6.45, 7) is 0. The van der Waals surface area contributed by atoms with Crippen molar-refractivity contribution in [3.05, 3.63) is 53.3 Å². The van der Waals surface area contributed by atoms with Crippen molar-refractivity contribution >= 4 is 35.0 Å². The van der Waals surface area contributed by atoms with Crippen molar-refractivity contribution in [1.82, 2.24) is 4.98 Å². The SMILES string of the molecule is FC(F)=C(F)CCSc1ncc(C=NNc2ccccc2)s1. The van der Waals surface area contributed by atoms with Crippen molar-refractivity contribution in [3.63, 3.8) is 0 Å². The minimum absolute atomic E-state index is 0.218. The summed E-state index contributed by atoms with van der Waals surface area (Å²) >= 11 is 2.60. The molecule has 0 aliphatic rings. The number of thioether (sulfide) groups is 1. The van der Waals surface area contributed by atoms with Gasteiger partial charge in [-0.1, -0.05) is 30.0 Å². The van der Waals surface area contributed by atoms with Crippen LogP contribution in [0.15, 0.2) is 57.9 Å². The lowest BCUT2D eigenvalue weighted by Crippen LogP contribution is -1.88. The molecule has 0 aliphatic heterocycles. The highest BCUT2D eigenvalue weighted by atomic mass is 32.2. The zero-order chi connectivity index (χ0) is 15.8. The van der Waals surface area contributed by atoms with E-state index in [0.717, 1.165) is 10.6 Å². The molecular weight excluding hydrogens is 331 g/mol. The molecule has 1 heterocycles. The lowest BCUT2D eigenvalue weighted by Gasteiger charge is -1.97. The fourth-order valence-corrected chi connectivity index (χ4v) is 3.28. The van der Waals surface area contributed by atoms with Gasteiger partial charge in [0.15, 0.2) is 5.83 Å². The summed E-state index contributed by atoms with van der Waals surface area (Å²) in [7, 11) is 0. The van der Waals surface area contributed by atoms with Crippen LogP contribution in [0, 0.1) is 0 Å². The lowest BCUT2D eigenvalue weighted by molar-refractivity contribution is 0.373. The number of nitrogens with zero attached hydrogens (tertiary/aromatic N) is 2. The van der Waals surface area contributed by atoms with Gasteiger partial charge in [0.1, 0.15) is 4.34 Å². The third kappa shape index (κ3) is 5.53. The molecule has 1 N–H and O–H groups in total. The first-order chi connectivity index (χ1) is 10.6. The first-order valence-corrected chi connectivity index (χ1v) is 8.08. The van der Waals surface area contributed by atoms with E-state index in [1.54, 1.807) is 12.4 Å². The summed E-state index contributed by atoms with van der Waals surface area (Å²) < 4.78 is 37.1. The topological polar surface area (TPSA) is 37.3 Å². The van der Waals surface area contributed by atoms with Gasteiger partial charge in [0.05, 0.1) is 16.8 Å². The number of halogens is 3. The number of allylic oxidation sites excluding steroid dienone is 1. The number of aromatic nitrogens is 1. The number of nitrogens with one attached hydrogen (secondary N) is 1. The molecule has 0 amide bonds. The van der Waals surface area contributed by atoms with Crippen LogP contribution in [-0.4, -0.2) is 17.0 Å². The Bertz CT molecular complexity index is 652. The summed E-state index contributed by atoms with van der Waals surface area (Å²) in [5, 5.41) is 4.08. The number of anilines is 1. The van der Waals surface area contributed by atoms with Gasteiger partial charge in [0.2, 0.25) is 0 Å². The number of hydrazone groups is 1. The van der Waals surface area contributed by atoms with Gasteiger partial charge in [0, 0.05) is 18.4 Å². The van der Waals surface area contributed by atoms with E-state index in [1.165, 1.54) is 23.1 Å². The molecular formula is C14H12F3N3S2. The smallest absolute Gasteiger partial charge is 0.278 e. The van der Waals surface area contributed by atoms with Crippen LogP contribution < -0.4 is 5.43 Å². The predicted octanol–water partition coefficient (Wildman–Crippen LogP) is 5.15. The number of hydrogen-bond acceptors (Lipinski definition) is 5. The molecule has 0 saturated heterocycles. The van der Waals surface area contributed by atoms with E-state index < -0.39 is 11.9 Å². The molecule has 2 rings (SSSR count). The van der Waals surface area contributed by atoms with Crippen LogP contribution in [0.3, 0.4) is 0 Å². The standard InChI is InChI=1S/C14H12F3N3S2/c15-12(13(16)17)6-7-21-14-18-8-11(22-14)9-19-20-10-4-2-1-3-5-10/h1-5,8-9,20H,6-7H2. The molecule has 22 heavy (non-hydrogen) atoms. The van der Waals surface area contributed by atoms with Gasteiger partial charge in [-0.25, -0.2) is 9.37 Å².